The molecule has 140 valence electrons. The molecular formula is C18H24N4OS3. The monoisotopic (exact) mass is 408 g/mol. The van der Waals surface area contributed by atoms with Crippen molar-refractivity contribution >= 4 is 45.9 Å². The van der Waals surface area contributed by atoms with Crippen molar-refractivity contribution < 1.29 is 4.79 Å². The van der Waals surface area contributed by atoms with Gasteiger partial charge in [0.1, 0.15) is 9.88 Å². The van der Waals surface area contributed by atoms with E-state index in [9.17, 15) is 4.79 Å². The van der Waals surface area contributed by atoms with Gasteiger partial charge in [0, 0.05) is 17.0 Å². The van der Waals surface area contributed by atoms with Crippen LogP contribution in [0.2, 0.25) is 0 Å². The molecule has 1 aliphatic rings. The van der Waals surface area contributed by atoms with Crippen molar-refractivity contribution in [1.29, 1.82) is 0 Å². The lowest BCUT2D eigenvalue weighted by molar-refractivity contribution is 0.0946. The van der Waals surface area contributed by atoms with Crippen LogP contribution in [0.25, 0.3) is 10.6 Å². The molecule has 5 nitrogen and oxygen atoms in total. The van der Waals surface area contributed by atoms with E-state index in [1.165, 1.54) is 24.2 Å². The summed E-state index contributed by atoms with van der Waals surface area (Å²) in [6, 6.07) is 2.36. The highest BCUT2D eigenvalue weighted by atomic mass is 32.1. The zero-order valence-corrected chi connectivity index (χ0v) is 17.6. The molecule has 0 spiro atoms. The van der Waals surface area contributed by atoms with Gasteiger partial charge < -0.3 is 5.32 Å². The van der Waals surface area contributed by atoms with Crippen LogP contribution in [0.4, 0.5) is 0 Å². The number of hydrazine groups is 1. The lowest BCUT2D eigenvalue weighted by Gasteiger charge is -2.35. The second-order valence-corrected chi connectivity index (χ2v) is 9.06. The average Bonchev–Trinajstić information content (AvgIpc) is 3.26. The standard InChI is InChI=1S/C18H24N4OS3/c1-10-5-4-6-14(11(10)2)20-18(24)22-21-16(23)15-12(3)19-17(26-15)13-7-8-25-9-13/h7-11,14H,4-6H2,1-3H3,(H,21,23)(H2,20,22,24)/t10-,11+,14+/m1/s1. The molecule has 3 atom stereocenters. The maximum atomic E-state index is 12.5. The van der Waals surface area contributed by atoms with Gasteiger partial charge in [-0.1, -0.05) is 26.7 Å². The first-order valence-electron chi connectivity index (χ1n) is 8.82. The van der Waals surface area contributed by atoms with E-state index >= 15 is 0 Å². The number of rotatable bonds is 3. The zero-order chi connectivity index (χ0) is 18.7. The molecule has 0 radical (unpaired) electrons. The fourth-order valence-corrected chi connectivity index (χ4v) is 5.15. The molecule has 2 aromatic rings. The van der Waals surface area contributed by atoms with Crippen molar-refractivity contribution in [2.75, 3.05) is 0 Å². The smallest absolute Gasteiger partial charge is 0.281 e. The van der Waals surface area contributed by atoms with Crippen LogP contribution in [0.5, 0.6) is 0 Å². The normalized spacial score (nSPS) is 22.7. The van der Waals surface area contributed by atoms with Gasteiger partial charge in [0.15, 0.2) is 5.11 Å². The number of thiophene rings is 1. The van der Waals surface area contributed by atoms with Gasteiger partial charge in [0.2, 0.25) is 0 Å². The van der Waals surface area contributed by atoms with Crippen LogP contribution in [-0.4, -0.2) is 22.0 Å². The van der Waals surface area contributed by atoms with E-state index in [-0.39, 0.29) is 5.91 Å². The average molecular weight is 409 g/mol. The zero-order valence-electron chi connectivity index (χ0n) is 15.2. The Hall–Kier alpha value is -1.51. The Morgan fingerprint density at radius 3 is 2.85 bits per heavy atom. The van der Waals surface area contributed by atoms with Crippen molar-refractivity contribution in [1.82, 2.24) is 21.2 Å². The van der Waals surface area contributed by atoms with Crippen LogP contribution in [0, 0.1) is 18.8 Å². The number of amides is 1. The highest BCUT2D eigenvalue weighted by Crippen LogP contribution is 2.30. The third-order valence-corrected chi connectivity index (χ3v) is 7.19. The minimum Gasteiger partial charge on any atom is -0.358 e. The van der Waals surface area contributed by atoms with Crippen LogP contribution >= 0.6 is 34.9 Å². The highest BCUT2D eigenvalue weighted by Gasteiger charge is 2.27. The fraction of sp³-hybridized carbons (Fsp3) is 0.500. The topological polar surface area (TPSA) is 66.0 Å². The quantitative estimate of drug-likeness (QED) is 0.527. The summed E-state index contributed by atoms with van der Waals surface area (Å²) < 4.78 is 0. The Bertz CT molecular complexity index is 772. The minimum absolute atomic E-state index is 0.212. The molecule has 0 aliphatic heterocycles. The summed E-state index contributed by atoms with van der Waals surface area (Å²) in [6.07, 6.45) is 3.59. The summed E-state index contributed by atoms with van der Waals surface area (Å²) >= 11 is 8.36. The molecule has 0 unspecified atom stereocenters. The molecule has 3 N–H and O–H groups in total. The minimum atomic E-state index is -0.212. The number of thiazole rings is 1. The maximum absolute atomic E-state index is 12.5. The fourth-order valence-electron chi connectivity index (χ4n) is 3.28. The first-order chi connectivity index (χ1) is 12.5. The van der Waals surface area contributed by atoms with E-state index in [1.54, 1.807) is 11.3 Å². The van der Waals surface area contributed by atoms with Gasteiger partial charge in [0.05, 0.1) is 5.69 Å². The van der Waals surface area contributed by atoms with E-state index in [0.29, 0.717) is 27.9 Å². The molecule has 1 aliphatic carbocycles. The van der Waals surface area contributed by atoms with Gasteiger partial charge in [-0.2, -0.15) is 11.3 Å². The van der Waals surface area contributed by atoms with Gasteiger partial charge in [-0.15, -0.1) is 11.3 Å². The van der Waals surface area contributed by atoms with Crippen LogP contribution in [0.3, 0.4) is 0 Å². The Balaban J connectivity index is 1.55. The van der Waals surface area contributed by atoms with E-state index in [2.05, 4.69) is 35.0 Å². The molecule has 8 heteroatoms. The molecule has 1 saturated carbocycles. The summed E-state index contributed by atoms with van der Waals surface area (Å²) in [6.45, 7) is 6.40. The number of aromatic nitrogens is 1. The Morgan fingerprint density at radius 2 is 2.12 bits per heavy atom. The third-order valence-electron chi connectivity index (χ3n) is 5.08. The Morgan fingerprint density at radius 1 is 1.31 bits per heavy atom. The van der Waals surface area contributed by atoms with Crippen LogP contribution in [-0.2, 0) is 0 Å². The molecule has 3 rings (SSSR count). The van der Waals surface area contributed by atoms with Crippen molar-refractivity contribution in [3.05, 3.63) is 27.4 Å². The summed E-state index contributed by atoms with van der Waals surface area (Å²) in [5.74, 6) is 1.04. The van der Waals surface area contributed by atoms with Crippen molar-refractivity contribution in [2.45, 2.75) is 46.1 Å². The molecule has 2 heterocycles. The summed E-state index contributed by atoms with van der Waals surface area (Å²) in [5.41, 5.74) is 7.31. The number of nitrogens with zero attached hydrogens (tertiary/aromatic N) is 1. The lowest BCUT2D eigenvalue weighted by atomic mass is 9.78. The number of carbonyl (C=O) groups is 1. The number of hydrogen-bond acceptors (Lipinski definition) is 5. The van der Waals surface area contributed by atoms with Gasteiger partial charge >= 0.3 is 0 Å². The molecule has 26 heavy (non-hydrogen) atoms. The number of nitrogens with one attached hydrogen (secondary N) is 3. The lowest BCUT2D eigenvalue weighted by Crippen LogP contribution is -2.52. The molecule has 0 bridgehead atoms. The van der Waals surface area contributed by atoms with Crippen molar-refractivity contribution in [3.63, 3.8) is 0 Å². The van der Waals surface area contributed by atoms with Crippen molar-refractivity contribution in [2.24, 2.45) is 11.8 Å². The first kappa shape index (κ1) is 19.3. The van der Waals surface area contributed by atoms with E-state index < -0.39 is 0 Å². The van der Waals surface area contributed by atoms with E-state index in [0.717, 1.165) is 22.7 Å². The van der Waals surface area contributed by atoms with Crippen LogP contribution in [0.15, 0.2) is 16.8 Å². The number of thiocarbonyl (C=S) groups is 1. The number of carbonyl (C=O) groups excluding carboxylic acids is 1. The van der Waals surface area contributed by atoms with E-state index in [4.69, 9.17) is 12.2 Å². The van der Waals surface area contributed by atoms with Gasteiger partial charge in [0.25, 0.3) is 5.91 Å². The van der Waals surface area contributed by atoms with Gasteiger partial charge in [-0.25, -0.2) is 4.98 Å². The molecule has 1 amide bonds. The number of aryl methyl sites for hydroxylation is 1. The largest absolute Gasteiger partial charge is 0.358 e. The molecular weight excluding hydrogens is 384 g/mol. The third kappa shape index (κ3) is 4.42. The summed E-state index contributed by atoms with van der Waals surface area (Å²) in [4.78, 5) is 17.6. The predicted octanol–water partition coefficient (Wildman–Crippen LogP) is 4.11. The summed E-state index contributed by atoms with van der Waals surface area (Å²) in [5, 5.41) is 8.70. The SMILES string of the molecule is Cc1nc(-c2ccsc2)sc1C(=O)NNC(=S)N[C@H]1CCC[C@@H](C)[C@@H]1C. The maximum Gasteiger partial charge on any atom is 0.281 e. The predicted molar refractivity (Wildman–Crippen MR) is 112 cm³/mol. The highest BCUT2D eigenvalue weighted by molar-refractivity contribution is 7.80. The van der Waals surface area contributed by atoms with Gasteiger partial charge in [-0.05, 0) is 48.8 Å². The molecule has 1 fully saturated rings. The molecule has 0 saturated heterocycles. The second-order valence-electron chi connectivity index (χ2n) is 6.87. The first-order valence-corrected chi connectivity index (χ1v) is 11.0. The Kier molecular flexibility index (Phi) is 6.26. The van der Waals surface area contributed by atoms with E-state index in [1.807, 2.05) is 23.8 Å². The molecule has 0 aromatic carbocycles. The Labute approximate surface area is 167 Å². The van der Waals surface area contributed by atoms with Gasteiger partial charge in [-0.3, -0.25) is 15.6 Å². The van der Waals surface area contributed by atoms with Crippen LogP contribution < -0.4 is 16.2 Å². The molecule has 2 aromatic heterocycles. The van der Waals surface area contributed by atoms with Crippen LogP contribution in [0.1, 0.15) is 48.5 Å². The number of hydrogen-bond donors (Lipinski definition) is 3. The second kappa shape index (κ2) is 8.45. The summed E-state index contributed by atoms with van der Waals surface area (Å²) in [7, 11) is 0. The van der Waals surface area contributed by atoms with Crippen molar-refractivity contribution in [3.8, 4) is 10.6 Å².